The van der Waals surface area contributed by atoms with Crippen LogP contribution in [0.15, 0.2) is 60.2 Å². The van der Waals surface area contributed by atoms with E-state index < -0.39 is 17.7 Å². The summed E-state index contributed by atoms with van der Waals surface area (Å²) in [6.07, 6.45) is 0.579. The number of carbonyl (C=O) groups excluding carboxylic acids is 2. The number of benzene rings is 2. The van der Waals surface area contributed by atoms with Crippen LogP contribution in [0.1, 0.15) is 23.6 Å². The van der Waals surface area contributed by atoms with Crippen molar-refractivity contribution in [2.75, 3.05) is 27.4 Å². The minimum atomic E-state index is -0.688. The molecular weight excluding hydrogens is 358 g/mol. The number of ketones is 1. The van der Waals surface area contributed by atoms with Crippen molar-refractivity contribution in [3.8, 4) is 5.75 Å². The Morgan fingerprint density at radius 3 is 2.50 bits per heavy atom. The molecule has 3 rings (SSSR count). The number of amides is 1. The average Bonchev–Trinajstić information content (AvgIpc) is 2.99. The van der Waals surface area contributed by atoms with Gasteiger partial charge in [-0.2, -0.15) is 0 Å². The first kappa shape index (κ1) is 19.6. The summed E-state index contributed by atoms with van der Waals surface area (Å²) in [5.41, 5.74) is 1.28. The van der Waals surface area contributed by atoms with Crippen molar-refractivity contribution in [2.45, 2.75) is 12.5 Å². The molecule has 2 aromatic rings. The smallest absolute Gasteiger partial charge is 0.295 e. The lowest BCUT2D eigenvalue weighted by Gasteiger charge is -2.25. The molecular formula is C22H23NO5. The molecule has 1 aliphatic heterocycles. The van der Waals surface area contributed by atoms with Crippen LogP contribution in [0, 0.1) is 0 Å². The summed E-state index contributed by atoms with van der Waals surface area (Å²) in [5, 5.41) is 10.9. The fourth-order valence-corrected chi connectivity index (χ4v) is 3.40. The highest BCUT2D eigenvalue weighted by Crippen LogP contribution is 2.40. The van der Waals surface area contributed by atoms with Gasteiger partial charge in [-0.15, -0.1) is 0 Å². The Hall–Kier alpha value is -3.12. The van der Waals surface area contributed by atoms with E-state index in [1.54, 1.807) is 56.7 Å². The SMILES string of the molecule is COCCCN1C(=O)C(=O)C(=C(O)c2ccccc2)[C@@H]1c1cccc(OC)c1. The third-order valence-corrected chi connectivity index (χ3v) is 4.74. The number of Topliss-reactive ketones (excluding diaryl/α,β-unsaturated/α-hetero) is 1. The topological polar surface area (TPSA) is 76.1 Å². The first-order chi connectivity index (χ1) is 13.6. The molecule has 0 spiro atoms. The minimum absolute atomic E-state index is 0.0851. The van der Waals surface area contributed by atoms with Crippen LogP contribution >= 0.6 is 0 Å². The number of methoxy groups -OCH3 is 2. The molecule has 1 amide bonds. The predicted molar refractivity (Wildman–Crippen MR) is 105 cm³/mol. The summed E-state index contributed by atoms with van der Waals surface area (Å²) in [7, 11) is 3.14. The zero-order valence-electron chi connectivity index (χ0n) is 15.9. The highest BCUT2D eigenvalue weighted by atomic mass is 16.5. The fraction of sp³-hybridized carbons (Fsp3) is 0.273. The molecule has 1 aliphatic rings. The maximum Gasteiger partial charge on any atom is 0.295 e. The lowest BCUT2D eigenvalue weighted by molar-refractivity contribution is -0.140. The molecule has 0 aromatic heterocycles. The van der Waals surface area contributed by atoms with E-state index in [9.17, 15) is 14.7 Å². The summed E-state index contributed by atoms with van der Waals surface area (Å²) >= 11 is 0. The van der Waals surface area contributed by atoms with Crippen LogP contribution in [0.25, 0.3) is 5.76 Å². The lowest BCUT2D eigenvalue weighted by Crippen LogP contribution is -2.31. The molecule has 2 aromatic carbocycles. The number of aliphatic hydroxyl groups excluding tert-OH is 1. The second-order valence-electron chi connectivity index (χ2n) is 6.48. The molecule has 6 nitrogen and oxygen atoms in total. The maximum absolute atomic E-state index is 12.8. The van der Waals surface area contributed by atoms with E-state index >= 15 is 0 Å². The van der Waals surface area contributed by atoms with Crippen molar-refractivity contribution in [1.82, 2.24) is 4.90 Å². The van der Waals surface area contributed by atoms with Crippen molar-refractivity contribution in [1.29, 1.82) is 0 Å². The van der Waals surface area contributed by atoms with Crippen molar-refractivity contribution >= 4 is 17.4 Å². The number of aliphatic hydroxyl groups is 1. The number of hydrogen-bond acceptors (Lipinski definition) is 5. The summed E-state index contributed by atoms with van der Waals surface area (Å²) < 4.78 is 10.4. The zero-order chi connectivity index (χ0) is 20.1. The van der Waals surface area contributed by atoms with Crippen LogP contribution in [0.3, 0.4) is 0 Å². The number of ether oxygens (including phenoxy) is 2. The molecule has 1 saturated heterocycles. The predicted octanol–water partition coefficient (Wildman–Crippen LogP) is 3.15. The second kappa shape index (κ2) is 8.71. The van der Waals surface area contributed by atoms with Gasteiger partial charge in [0, 0.05) is 25.8 Å². The van der Waals surface area contributed by atoms with Crippen LogP contribution in [0.4, 0.5) is 0 Å². The van der Waals surface area contributed by atoms with Gasteiger partial charge in [-0.25, -0.2) is 0 Å². The van der Waals surface area contributed by atoms with Gasteiger partial charge >= 0.3 is 0 Å². The molecule has 1 fully saturated rings. The third-order valence-electron chi connectivity index (χ3n) is 4.74. The van der Waals surface area contributed by atoms with E-state index in [0.717, 1.165) is 0 Å². The highest BCUT2D eigenvalue weighted by Gasteiger charge is 2.45. The van der Waals surface area contributed by atoms with Crippen molar-refractivity contribution < 1.29 is 24.2 Å². The van der Waals surface area contributed by atoms with Gasteiger partial charge in [0.15, 0.2) is 0 Å². The Bertz CT molecular complexity index is 891. The second-order valence-corrected chi connectivity index (χ2v) is 6.48. The van der Waals surface area contributed by atoms with Gasteiger partial charge in [-0.1, -0.05) is 42.5 Å². The molecule has 1 heterocycles. The Labute approximate surface area is 164 Å². The van der Waals surface area contributed by atoms with Gasteiger partial charge in [-0.05, 0) is 24.1 Å². The lowest BCUT2D eigenvalue weighted by atomic mass is 9.95. The number of likely N-dealkylation sites (tertiary alicyclic amines) is 1. The van der Waals surface area contributed by atoms with Crippen molar-refractivity contribution in [3.63, 3.8) is 0 Å². The molecule has 1 N–H and O–H groups in total. The first-order valence-electron chi connectivity index (χ1n) is 9.05. The Morgan fingerprint density at radius 2 is 1.82 bits per heavy atom. The molecule has 0 unspecified atom stereocenters. The van der Waals surface area contributed by atoms with Crippen molar-refractivity contribution in [2.24, 2.45) is 0 Å². The zero-order valence-corrected chi connectivity index (χ0v) is 15.9. The fourth-order valence-electron chi connectivity index (χ4n) is 3.40. The summed E-state index contributed by atoms with van der Waals surface area (Å²) in [6, 6.07) is 15.3. The average molecular weight is 381 g/mol. The van der Waals surface area contributed by atoms with Crippen LogP contribution in [0.2, 0.25) is 0 Å². The van der Waals surface area contributed by atoms with Gasteiger partial charge in [0.2, 0.25) is 0 Å². The van der Waals surface area contributed by atoms with Gasteiger partial charge in [0.1, 0.15) is 11.5 Å². The van der Waals surface area contributed by atoms with E-state index in [-0.39, 0.29) is 11.3 Å². The van der Waals surface area contributed by atoms with Crippen LogP contribution < -0.4 is 4.74 Å². The standard InChI is InChI=1S/C22H23NO5/c1-27-13-7-12-23-19(16-10-6-11-17(14-16)28-2)18(21(25)22(23)26)20(24)15-8-4-3-5-9-15/h3-6,8-11,14,19,24H,7,12-13H2,1-2H3/t19-/m0/s1. The van der Waals surface area contributed by atoms with Crippen LogP contribution in [0.5, 0.6) is 5.75 Å². The van der Waals surface area contributed by atoms with Gasteiger partial charge in [0.05, 0.1) is 18.7 Å². The molecule has 28 heavy (non-hydrogen) atoms. The van der Waals surface area contributed by atoms with Gasteiger partial charge < -0.3 is 19.5 Å². The minimum Gasteiger partial charge on any atom is -0.507 e. The number of carbonyl (C=O) groups is 2. The number of hydrogen-bond donors (Lipinski definition) is 1. The Kier molecular flexibility index (Phi) is 6.11. The molecule has 146 valence electrons. The highest BCUT2D eigenvalue weighted by molar-refractivity contribution is 6.46. The molecule has 0 bridgehead atoms. The third kappa shape index (κ3) is 3.77. The van der Waals surface area contributed by atoms with Crippen molar-refractivity contribution in [3.05, 3.63) is 71.3 Å². The normalized spacial score (nSPS) is 18.5. The van der Waals surface area contributed by atoms with Gasteiger partial charge in [-0.3, -0.25) is 9.59 Å². The number of nitrogens with zero attached hydrogens (tertiary/aromatic N) is 1. The van der Waals surface area contributed by atoms with Crippen LogP contribution in [-0.4, -0.2) is 49.1 Å². The van der Waals surface area contributed by atoms with Crippen LogP contribution in [-0.2, 0) is 14.3 Å². The molecule has 0 saturated carbocycles. The quantitative estimate of drug-likeness (QED) is 0.345. The summed E-state index contributed by atoms with van der Waals surface area (Å²) in [4.78, 5) is 27.1. The first-order valence-corrected chi connectivity index (χ1v) is 9.05. The monoisotopic (exact) mass is 381 g/mol. The summed E-state index contributed by atoms with van der Waals surface area (Å²) in [6.45, 7) is 0.804. The van der Waals surface area contributed by atoms with E-state index in [1.165, 1.54) is 4.90 Å². The summed E-state index contributed by atoms with van der Waals surface area (Å²) in [5.74, 6) is -0.881. The Balaban J connectivity index is 2.12. The number of rotatable bonds is 7. The van der Waals surface area contributed by atoms with E-state index in [4.69, 9.17) is 9.47 Å². The van der Waals surface area contributed by atoms with E-state index in [1.807, 2.05) is 12.1 Å². The molecule has 0 radical (unpaired) electrons. The van der Waals surface area contributed by atoms with Gasteiger partial charge in [0.25, 0.3) is 11.7 Å². The Morgan fingerprint density at radius 1 is 1.07 bits per heavy atom. The molecule has 1 atom stereocenters. The molecule has 6 heteroatoms. The maximum atomic E-state index is 12.8. The molecule has 0 aliphatic carbocycles. The van der Waals surface area contributed by atoms with E-state index in [2.05, 4.69) is 0 Å². The van der Waals surface area contributed by atoms with E-state index in [0.29, 0.717) is 36.4 Å². The largest absolute Gasteiger partial charge is 0.507 e.